The van der Waals surface area contributed by atoms with E-state index in [0.29, 0.717) is 5.92 Å². The van der Waals surface area contributed by atoms with Crippen LogP contribution in [-0.4, -0.2) is 22.9 Å². The molecule has 0 aliphatic heterocycles. The van der Waals surface area contributed by atoms with Crippen LogP contribution in [0.5, 0.6) is 0 Å². The van der Waals surface area contributed by atoms with Gasteiger partial charge in [0.1, 0.15) is 0 Å². The number of nitrogens with zero attached hydrogens (tertiary/aromatic N) is 2. The topological polar surface area (TPSA) is 29.9 Å². The molecule has 0 aliphatic carbocycles. The maximum Gasteiger partial charge on any atom is 0.0635 e. The van der Waals surface area contributed by atoms with E-state index in [0.717, 1.165) is 36.4 Å². The summed E-state index contributed by atoms with van der Waals surface area (Å²) in [6.07, 6.45) is 2.96. The monoisotopic (exact) mass is 301 g/mol. The van der Waals surface area contributed by atoms with Gasteiger partial charge in [0.25, 0.3) is 0 Å². The highest BCUT2D eigenvalue weighted by Gasteiger charge is 2.11. The van der Waals surface area contributed by atoms with Crippen LogP contribution >= 0.6 is 15.9 Å². The van der Waals surface area contributed by atoms with Crippen molar-refractivity contribution in [1.82, 2.24) is 15.1 Å². The lowest BCUT2D eigenvalue weighted by atomic mass is 10.1. The van der Waals surface area contributed by atoms with Gasteiger partial charge in [-0.25, -0.2) is 0 Å². The van der Waals surface area contributed by atoms with Gasteiger partial charge in [0.2, 0.25) is 0 Å². The molecule has 98 valence electrons. The second kappa shape index (κ2) is 7.17. The van der Waals surface area contributed by atoms with Gasteiger partial charge >= 0.3 is 0 Å². The van der Waals surface area contributed by atoms with Gasteiger partial charge in [0, 0.05) is 6.54 Å². The average Bonchev–Trinajstić information content (AvgIpc) is 2.59. The Morgan fingerprint density at radius 3 is 2.65 bits per heavy atom. The van der Waals surface area contributed by atoms with Crippen LogP contribution < -0.4 is 5.32 Å². The van der Waals surface area contributed by atoms with Crippen LogP contribution in [0.1, 0.15) is 33.4 Å². The summed E-state index contributed by atoms with van der Waals surface area (Å²) in [4.78, 5) is 0. The van der Waals surface area contributed by atoms with Crippen LogP contribution in [0.2, 0.25) is 0 Å². The molecule has 1 heterocycles. The highest BCUT2D eigenvalue weighted by molar-refractivity contribution is 9.10. The normalized spacial score (nSPS) is 13.3. The third kappa shape index (κ3) is 4.80. The summed E-state index contributed by atoms with van der Waals surface area (Å²) in [5, 5.41) is 7.85. The maximum absolute atomic E-state index is 4.35. The Kier molecular flexibility index (Phi) is 6.20. The molecule has 0 spiro atoms. The first-order chi connectivity index (χ1) is 8.04. The predicted molar refractivity (Wildman–Crippen MR) is 76.2 cm³/mol. The number of aryl methyl sites for hydroxylation is 1. The molecule has 0 aliphatic rings. The Hall–Kier alpha value is -0.350. The van der Waals surface area contributed by atoms with E-state index in [1.807, 2.05) is 6.20 Å². The van der Waals surface area contributed by atoms with E-state index in [4.69, 9.17) is 0 Å². The molecule has 4 heteroatoms. The molecule has 3 nitrogen and oxygen atoms in total. The molecule has 1 atom stereocenters. The highest BCUT2D eigenvalue weighted by atomic mass is 79.9. The lowest BCUT2D eigenvalue weighted by Crippen LogP contribution is -2.26. The average molecular weight is 302 g/mol. The molecule has 0 bridgehead atoms. The van der Waals surface area contributed by atoms with Gasteiger partial charge in [-0.3, -0.25) is 4.68 Å². The molecule has 1 N–H and O–H groups in total. The molecule has 1 unspecified atom stereocenters. The lowest BCUT2D eigenvalue weighted by molar-refractivity contribution is 0.460. The first-order valence-electron chi connectivity index (χ1n) is 6.45. The fourth-order valence-corrected chi connectivity index (χ4v) is 2.34. The highest BCUT2D eigenvalue weighted by Crippen LogP contribution is 2.19. The summed E-state index contributed by atoms with van der Waals surface area (Å²) >= 11 is 3.57. The van der Waals surface area contributed by atoms with Gasteiger partial charge in [-0.1, -0.05) is 20.8 Å². The van der Waals surface area contributed by atoms with Crippen molar-refractivity contribution in [2.75, 3.05) is 13.1 Å². The van der Waals surface area contributed by atoms with Crippen molar-refractivity contribution >= 4 is 15.9 Å². The molecule has 1 aromatic heterocycles. The van der Waals surface area contributed by atoms with E-state index < -0.39 is 0 Å². The van der Waals surface area contributed by atoms with Gasteiger partial charge in [-0.2, -0.15) is 5.10 Å². The Morgan fingerprint density at radius 1 is 1.35 bits per heavy atom. The van der Waals surface area contributed by atoms with Crippen molar-refractivity contribution in [3.63, 3.8) is 0 Å². The first-order valence-corrected chi connectivity index (χ1v) is 7.24. The van der Waals surface area contributed by atoms with Gasteiger partial charge in [0.05, 0.1) is 16.4 Å². The summed E-state index contributed by atoms with van der Waals surface area (Å²) in [6, 6.07) is 0. The quantitative estimate of drug-likeness (QED) is 0.839. The van der Waals surface area contributed by atoms with E-state index in [-0.39, 0.29) is 0 Å². The molecule has 1 rings (SSSR count). The molecule has 1 aromatic rings. The molecule has 0 fully saturated rings. The van der Waals surface area contributed by atoms with E-state index in [9.17, 15) is 0 Å². The minimum Gasteiger partial charge on any atom is -0.316 e. The minimum absolute atomic E-state index is 0.632. The molecule has 0 saturated heterocycles. The van der Waals surface area contributed by atoms with Crippen LogP contribution in [0, 0.1) is 11.8 Å². The van der Waals surface area contributed by atoms with Crippen molar-refractivity contribution in [3.05, 3.63) is 16.4 Å². The zero-order chi connectivity index (χ0) is 12.8. The fraction of sp³-hybridized carbons (Fsp3) is 0.769. The van der Waals surface area contributed by atoms with Gasteiger partial charge in [0.15, 0.2) is 0 Å². The summed E-state index contributed by atoms with van der Waals surface area (Å²) in [7, 11) is 0. The van der Waals surface area contributed by atoms with Crippen LogP contribution in [0.3, 0.4) is 0 Å². The lowest BCUT2D eigenvalue weighted by Gasteiger charge is -2.15. The van der Waals surface area contributed by atoms with Crippen LogP contribution in [-0.2, 0) is 13.0 Å². The zero-order valence-electron chi connectivity index (χ0n) is 11.3. The SMILES string of the molecule is CCn1ncc(Br)c1CC(C)CNCC(C)C. The number of aromatic nitrogens is 2. The molecule has 0 amide bonds. The first kappa shape index (κ1) is 14.7. The fourth-order valence-electron chi connectivity index (χ4n) is 1.88. The second-order valence-electron chi connectivity index (χ2n) is 5.12. The summed E-state index contributed by atoms with van der Waals surface area (Å²) in [5.41, 5.74) is 1.31. The molecular weight excluding hydrogens is 278 g/mol. The maximum atomic E-state index is 4.35. The van der Waals surface area contributed by atoms with Crippen molar-refractivity contribution in [3.8, 4) is 0 Å². The molecule has 0 radical (unpaired) electrons. The number of nitrogens with one attached hydrogen (secondary N) is 1. The smallest absolute Gasteiger partial charge is 0.0635 e. The van der Waals surface area contributed by atoms with Crippen LogP contribution in [0.25, 0.3) is 0 Å². The standard InChI is InChI=1S/C13H24BrN3/c1-5-17-13(12(14)9-16-17)6-11(4)8-15-7-10(2)3/h9-11,15H,5-8H2,1-4H3. The van der Waals surface area contributed by atoms with Crippen molar-refractivity contribution in [1.29, 1.82) is 0 Å². The minimum atomic E-state index is 0.632. The third-order valence-corrected chi connectivity index (χ3v) is 3.45. The molecule has 0 aromatic carbocycles. The predicted octanol–water partition coefficient (Wildman–Crippen LogP) is 3.09. The Labute approximate surface area is 113 Å². The van der Waals surface area contributed by atoms with Gasteiger partial charge in [-0.05, 0) is 54.2 Å². The number of halogens is 1. The largest absolute Gasteiger partial charge is 0.316 e. The number of hydrogen-bond donors (Lipinski definition) is 1. The Balaban J connectivity index is 2.44. The van der Waals surface area contributed by atoms with Crippen molar-refractivity contribution in [2.45, 2.75) is 40.7 Å². The van der Waals surface area contributed by atoms with Crippen molar-refractivity contribution < 1.29 is 0 Å². The van der Waals surface area contributed by atoms with E-state index in [1.165, 1.54) is 5.69 Å². The second-order valence-corrected chi connectivity index (χ2v) is 5.97. The summed E-state index contributed by atoms with van der Waals surface area (Å²) < 4.78 is 3.21. The van der Waals surface area contributed by atoms with Crippen LogP contribution in [0.15, 0.2) is 10.7 Å². The summed E-state index contributed by atoms with van der Waals surface area (Å²) in [6.45, 7) is 12.0. The molecule has 17 heavy (non-hydrogen) atoms. The Morgan fingerprint density at radius 2 is 2.06 bits per heavy atom. The van der Waals surface area contributed by atoms with Crippen LogP contribution in [0.4, 0.5) is 0 Å². The number of hydrogen-bond acceptors (Lipinski definition) is 2. The van der Waals surface area contributed by atoms with Crippen molar-refractivity contribution in [2.24, 2.45) is 11.8 Å². The molecular formula is C13H24BrN3. The zero-order valence-corrected chi connectivity index (χ0v) is 12.9. The summed E-state index contributed by atoms with van der Waals surface area (Å²) in [5.74, 6) is 1.35. The Bertz CT molecular complexity index is 333. The number of rotatable bonds is 7. The molecule has 0 saturated carbocycles. The van der Waals surface area contributed by atoms with Gasteiger partial charge in [-0.15, -0.1) is 0 Å². The third-order valence-electron chi connectivity index (χ3n) is 2.78. The van der Waals surface area contributed by atoms with E-state index in [2.05, 4.69) is 58.7 Å². The van der Waals surface area contributed by atoms with Gasteiger partial charge < -0.3 is 5.32 Å². The van der Waals surface area contributed by atoms with E-state index in [1.54, 1.807) is 0 Å². The van der Waals surface area contributed by atoms with E-state index >= 15 is 0 Å².